The normalized spacial score (nSPS) is 29.2. The lowest BCUT2D eigenvalue weighted by molar-refractivity contribution is -0.140. The molecule has 1 amide bonds. The summed E-state index contributed by atoms with van der Waals surface area (Å²) in [7, 11) is -1.64. The SMILES string of the molecule is C/C(=C\c1ccc(C)c(S(=O)(=O)N2CCCC2)c1)[C@H]1C(=O)C(=O)C[C@H](O)CC[C@H](C)[C@@H](OC(=O)N2CCN(C)CC2)/C=C/[C@@H]1C. The minimum absolute atomic E-state index is 0.122. The molecule has 45 heavy (non-hydrogen) atoms. The van der Waals surface area contributed by atoms with Crippen molar-refractivity contribution in [2.45, 2.75) is 76.9 Å². The van der Waals surface area contributed by atoms with Gasteiger partial charge in [0.1, 0.15) is 6.10 Å². The number of aryl methyl sites for hydroxylation is 1. The van der Waals surface area contributed by atoms with E-state index in [1.54, 1.807) is 37.0 Å². The number of aliphatic hydroxyl groups excluding tert-OH is 1. The predicted molar refractivity (Wildman–Crippen MR) is 173 cm³/mol. The van der Waals surface area contributed by atoms with Gasteiger partial charge in [-0.2, -0.15) is 4.31 Å². The van der Waals surface area contributed by atoms with Gasteiger partial charge in [0.15, 0.2) is 0 Å². The van der Waals surface area contributed by atoms with Gasteiger partial charge in [-0.15, -0.1) is 0 Å². The third-order valence-electron chi connectivity index (χ3n) is 9.40. The number of ketones is 2. The van der Waals surface area contributed by atoms with E-state index in [9.17, 15) is 27.9 Å². The van der Waals surface area contributed by atoms with Crippen LogP contribution in [0.4, 0.5) is 4.79 Å². The van der Waals surface area contributed by atoms with Crippen molar-refractivity contribution in [1.82, 2.24) is 14.1 Å². The number of aliphatic hydroxyl groups is 1. The zero-order valence-electron chi connectivity index (χ0n) is 27.3. The van der Waals surface area contributed by atoms with Gasteiger partial charge >= 0.3 is 6.09 Å². The van der Waals surface area contributed by atoms with Crippen LogP contribution < -0.4 is 0 Å². The number of allylic oxidation sites excluding steroid dienone is 2. The van der Waals surface area contributed by atoms with Gasteiger partial charge < -0.3 is 19.6 Å². The number of likely N-dealkylation sites (N-methyl/N-ethyl adjacent to an activating group) is 1. The highest BCUT2D eigenvalue weighted by molar-refractivity contribution is 7.89. The molecule has 0 saturated carbocycles. The van der Waals surface area contributed by atoms with E-state index in [1.165, 1.54) is 4.31 Å². The van der Waals surface area contributed by atoms with E-state index >= 15 is 0 Å². The van der Waals surface area contributed by atoms with Crippen LogP contribution in [0.5, 0.6) is 0 Å². The fraction of sp³-hybridized carbons (Fsp3) is 0.618. The van der Waals surface area contributed by atoms with Crippen LogP contribution in [-0.2, 0) is 24.3 Å². The van der Waals surface area contributed by atoms with Crippen molar-refractivity contribution in [2.24, 2.45) is 17.8 Å². The van der Waals surface area contributed by atoms with Gasteiger partial charge in [0.25, 0.3) is 0 Å². The van der Waals surface area contributed by atoms with Crippen molar-refractivity contribution in [2.75, 3.05) is 46.3 Å². The highest BCUT2D eigenvalue weighted by atomic mass is 32.2. The van der Waals surface area contributed by atoms with Crippen molar-refractivity contribution in [1.29, 1.82) is 0 Å². The summed E-state index contributed by atoms with van der Waals surface area (Å²) in [5, 5.41) is 10.7. The standard InChI is InChI=1S/C34H49N3O7S/c1-23-9-12-28(38)22-29(39)33(40)32(25(3)10-13-30(23)44-34(41)36-18-16-35(5)17-19-36)26(4)20-27-11-8-24(2)31(21-27)45(42,43)37-14-6-7-15-37/h8,10-11,13,20-21,23,25,28,30,32,38H,6-7,9,12,14-19,22H2,1-5H3/b13-10+,26-20+/t23-,25-,28+,30-,32-/m0/s1. The van der Waals surface area contributed by atoms with Crippen LogP contribution in [0.3, 0.4) is 0 Å². The van der Waals surface area contributed by atoms with E-state index in [0.29, 0.717) is 55.7 Å². The monoisotopic (exact) mass is 643 g/mol. The van der Waals surface area contributed by atoms with Crippen molar-refractivity contribution in [3.05, 3.63) is 47.1 Å². The maximum absolute atomic E-state index is 13.6. The van der Waals surface area contributed by atoms with Crippen molar-refractivity contribution >= 4 is 33.8 Å². The Morgan fingerprint density at radius 1 is 1.00 bits per heavy atom. The molecule has 248 valence electrons. The zero-order valence-corrected chi connectivity index (χ0v) is 28.1. The van der Waals surface area contributed by atoms with E-state index in [2.05, 4.69) is 4.90 Å². The lowest BCUT2D eigenvalue weighted by Crippen LogP contribution is -2.48. The molecule has 5 atom stereocenters. The van der Waals surface area contributed by atoms with Gasteiger partial charge in [0.2, 0.25) is 21.6 Å². The molecule has 3 aliphatic rings. The molecule has 2 aliphatic heterocycles. The second kappa shape index (κ2) is 15.2. The average molecular weight is 644 g/mol. The number of amides is 1. The Bertz CT molecular complexity index is 1410. The lowest BCUT2D eigenvalue weighted by Gasteiger charge is -2.33. The van der Waals surface area contributed by atoms with Gasteiger partial charge in [-0.1, -0.05) is 43.7 Å². The van der Waals surface area contributed by atoms with E-state index in [-0.39, 0.29) is 23.3 Å². The first-order valence-electron chi connectivity index (χ1n) is 16.1. The molecule has 11 heteroatoms. The number of piperazine rings is 1. The minimum Gasteiger partial charge on any atom is -0.442 e. The molecule has 1 aliphatic carbocycles. The van der Waals surface area contributed by atoms with Gasteiger partial charge in [0, 0.05) is 45.7 Å². The quantitative estimate of drug-likeness (QED) is 0.376. The van der Waals surface area contributed by atoms with Crippen LogP contribution in [0.25, 0.3) is 6.08 Å². The number of ether oxygens (including phenoxy) is 1. The Morgan fingerprint density at radius 3 is 2.33 bits per heavy atom. The predicted octanol–water partition coefficient (Wildman–Crippen LogP) is 4.06. The number of sulfonamides is 1. The number of nitrogens with zero attached hydrogens (tertiary/aromatic N) is 3. The van der Waals surface area contributed by atoms with Crippen LogP contribution in [0, 0.1) is 24.7 Å². The van der Waals surface area contributed by atoms with Crippen LogP contribution in [0.2, 0.25) is 0 Å². The first kappa shape index (κ1) is 35.0. The topological polar surface area (TPSA) is 125 Å². The van der Waals surface area contributed by atoms with Gasteiger partial charge in [0.05, 0.1) is 16.9 Å². The van der Waals surface area contributed by atoms with Crippen LogP contribution in [0.15, 0.2) is 40.8 Å². The molecule has 0 unspecified atom stereocenters. The van der Waals surface area contributed by atoms with Crippen molar-refractivity contribution in [3.8, 4) is 0 Å². The number of hydrogen-bond acceptors (Lipinski definition) is 8. The largest absolute Gasteiger partial charge is 0.442 e. The maximum Gasteiger partial charge on any atom is 0.410 e. The third-order valence-corrected chi connectivity index (χ3v) is 11.4. The molecule has 2 saturated heterocycles. The molecule has 1 aromatic rings. The number of benzene rings is 1. The fourth-order valence-electron chi connectivity index (χ4n) is 6.40. The molecule has 10 nitrogen and oxygen atoms in total. The molecule has 0 radical (unpaired) electrons. The van der Waals surface area contributed by atoms with Gasteiger partial charge in [-0.3, -0.25) is 9.59 Å². The highest BCUT2D eigenvalue weighted by Crippen LogP contribution is 2.30. The number of rotatable bonds is 5. The molecule has 4 rings (SSSR count). The lowest BCUT2D eigenvalue weighted by atomic mass is 9.80. The summed E-state index contributed by atoms with van der Waals surface area (Å²) in [5.74, 6) is -2.64. The Balaban J connectivity index is 1.63. The van der Waals surface area contributed by atoms with Crippen molar-refractivity contribution in [3.63, 3.8) is 0 Å². The third kappa shape index (κ3) is 8.69. The van der Waals surface area contributed by atoms with Gasteiger partial charge in [-0.05, 0) is 81.7 Å². The minimum atomic E-state index is -3.65. The number of hydrogen-bond donors (Lipinski definition) is 1. The number of Topliss-reactive ketones (excluding diaryl/α,β-unsaturated/α-hetero) is 2. The summed E-state index contributed by atoms with van der Waals surface area (Å²) in [6.45, 7) is 11.0. The van der Waals surface area contributed by atoms with E-state index < -0.39 is 45.6 Å². The summed E-state index contributed by atoms with van der Waals surface area (Å²) in [6.07, 6.45) is 5.66. The van der Waals surface area contributed by atoms with Crippen molar-refractivity contribution < 1.29 is 32.6 Å². The van der Waals surface area contributed by atoms with Crippen LogP contribution >= 0.6 is 0 Å². The van der Waals surface area contributed by atoms with E-state index in [4.69, 9.17) is 4.74 Å². The van der Waals surface area contributed by atoms with Crippen LogP contribution in [0.1, 0.15) is 64.0 Å². The highest BCUT2D eigenvalue weighted by Gasteiger charge is 2.34. The molecule has 1 aromatic carbocycles. The first-order chi connectivity index (χ1) is 21.3. The Kier molecular flexibility index (Phi) is 11.8. The van der Waals surface area contributed by atoms with Crippen LogP contribution in [-0.4, -0.2) is 104 Å². The summed E-state index contributed by atoms with van der Waals surface area (Å²) in [4.78, 5) is 43.9. The second-order valence-electron chi connectivity index (χ2n) is 13.1. The number of carbonyl (C=O) groups excluding carboxylic acids is 3. The summed E-state index contributed by atoms with van der Waals surface area (Å²) in [6, 6.07) is 5.20. The Labute approximate surface area is 268 Å². The molecule has 0 bridgehead atoms. The Morgan fingerprint density at radius 2 is 1.67 bits per heavy atom. The zero-order chi connectivity index (χ0) is 32.9. The maximum atomic E-state index is 13.6. The molecule has 1 N–H and O–H groups in total. The van der Waals surface area contributed by atoms with E-state index in [1.807, 2.05) is 39.1 Å². The molecular weight excluding hydrogens is 594 g/mol. The smallest absolute Gasteiger partial charge is 0.410 e. The molecule has 0 spiro atoms. The fourth-order valence-corrected chi connectivity index (χ4v) is 8.17. The van der Waals surface area contributed by atoms with E-state index in [0.717, 1.165) is 25.9 Å². The molecule has 0 aromatic heterocycles. The van der Waals surface area contributed by atoms with Gasteiger partial charge in [-0.25, -0.2) is 13.2 Å². The summed E-state index contributed by atoms with van der Waals surface area (Å²) < 4.78 is 34.2. The number of carbonyl (C=O) groups is 3. The summed E-state index contributed by atoms with van der Waals surface area (Å²) >= 11 is 0. The summed E-state index contributed by atoms with van der Waals surface area (Å²) in [5.41, 5.74) is 1.86. The average Bonchev–Trinajstić information content (AvgIpc) is 3.55. The second-order valence-corrected chi connectivity index (χ2v) is 15.0. The molecule has 2 heterocycles. The molecular formula is C34H49N3O7S. The Hall–Kier alpha value is -2.86. The molecule has 2 fully saturated rings. The first-order valence-corrected chi connectivity index (χ1v) is 17.6.